The highest BCUT2D eigenvalue weighted by atomic mass is 16.2. The number of aryl methyl sites for hydroxylation is 2. The Balaban J connectivity index is 2.04. The summed E-state index contributed by atoms with van der Waals surface area (Å²) >= 11 is 0. The number of nitrogens with one attached hydrogen (secondary N) is 1. The van der Waals surface area contributed by atoms with Gasteiger partial charge in [0.25, 0.3) is 5.56 Å². The van der Waals surface area contributed by atoms with Crippen molar-refractivity contribution in [3.8, 4) is 0 Å². The summed E-state index contributed by atoms with van der Waals surface area (Å²) in [5, 5.41) is 0. The summed E-state index contributed by atoms with van der Waals surface area (Å²) in [5.41, 5.74) is 1.22. The first-order chi connectivity index (χ1) is 13.0. The average Bonchev–Trinajstić information content (AvgIpc) is 3.04. The number of unbranched alkanes of at least 4 members (excludes halogenated alkanes) is 3. The molecule has 0 amide bonds. The predicted octanol–water partition coefficient (Wildman–Crippen LogP) is 2.64. The van der Waals surface area contributed by atoms with Crippen molar-refractivity contribution in [2.45, 2.75) is 45.7 Å². The van der Waals surface area contributed by atoms with E-state index in [-0.39, 0.29) is 5.56 Å². The first-order valence-corrected chi connectivity index (χ1v) is 9.47. The summed E-state index contributed by atoms with van der Waals surface area (Å²) in [6, 6.07) is 10.1. The molecule has 0 saturated heterocycles. The van der Waals surface area contributed by atoms with E-state index in [0.717, 1.165) is 31.2 Å². The van der Waals surface area contributed by atoms with Gasteiger partial charge in [0.05, 0.1) is 0 Å². The number of H-pyrrole nitrogens is 1. The monoisotopic (exact) mass is 369 g/mol. The standard InChI is InChI=1S/C20H27N5O2/c1-4-5-6-10-13-25-16-17(24(3)20(27)22-18(16)26)21-19(25)23(2)14-15-11-8-7-9-12-15/h7-9,11-12H,4-6,10,13-14H2,1-3H3,(H,22,26,27). The molecule has 0 atom stereocenters. The molecule has 0 aliphatic heterocycles. The van der Waals surface area contributed by atoms with Gasteiger partial charge in [-0.05, 0) is 12.0 Å². The lowest BCUT2D eigenvalue weighted by Crippen LogP contribution is -2.29. The zero-order valence-electron chi connectivity index (χ0n) is 16.2. The summed E-state index contributed by atoms with van der Waals surface area (Å²) in [7, 11) is 3.60. The van der Waals surface area contributed by atoms with Crippen LogP contribution in [0.1, 0.15) is 38.2 Å². The molecule has 144 valence electrons. The number of anilines is 1. The van der Waals surface area contributed by atoms with Crippen LogP contribution in [0.5, 0.6) is 0 Å². The number of aromatic amines is 1. The maximum absolute atomic E-state index is 12.5. The fourth-order valence-corrected chi connectivity index (χ4v) is 3.35. The zero-order chi connectivity index (χ0) is 19.4. The summed E-state index contributed by atoms with van der Waals surface area (Å²) in [4.78, 5) is 33.6. The SMILES string of the molecule is CCCCCCn1c(N(C)Cc2ccccc2)nc2c1c(=O)[nH]c(=O)n2C. The van der Waals surface area contributed by atoms with Gasteiger partial charge in [0.1, 0.15) is 0 Å². The lowest BCUT2D eigenvalue weighted by Gasteiger charge is -2.20. The molecule has 7 nitrogen and oxygen atoms in total. The van der Waals surface area contributed by atoms with E-state index in [9.17, 15) is 9.59 Å². The van der Waals surface area contributed by atoms with Gasteiger partial charge < -0.3 is 9.47 Å². The second-order valence-corrected chi connectivity index (χ2v) is 6.96. The zero-order valence-corrected chi connectivity index (χ0v) is 16.2. The van der Waals surface area contributed by atoms with Crippen LogP contribution in [0.2, 0.25) is 0 Å². The molecule has 0 aliphatic rings. The van der Waals surface area contributed by atoms with E-state index in [2.05, 4.69) is 29.0 Å². The van der Waals surface area contributed by atoms with E-state index >= 15 is 0 Å². The normalized spacial score (nSPS) is 11.2. The number of aromatic nitrogens is 4. The van der Waals surface area contributed by atoms with Crippen LogP contribution in [0.15, 0.2) is 39.9 Å². The molecular formula is C20H27N5O2. The van der Waals surface area contributed by atoms with Gasteiger partial charge >= 0.3 is 5.69 Å². The Bertz CT molecular complexity index is 1020. The van der Waals surface area contributed by atoms with Crippen molar-refractivity contribution in [1.29, 1.82) is 0 Å². The van der Waals surface area contributed by atoms with Crippen molar-refractivity contribution in [3.05, 3.63) is 56.7 Å². The minimum Gasteiger partial charge on any atom is -0.341 e. The number of fused-ring (bicyclic) bond motifs is 1. The molecule has 1 aromatic carbocycles. The molecule has 0 unspecified atom stereocenters. The quantitative estimate of drug-likeness (QED) is 0.619. The number of hydrogen-bond acceptors (Lipinski definition) is 4. The number of imidazole rings is 1. The van der Waals surface area contributed by atoms with Crippen LogP contribution in [0, 0.1) is 0 Å². The van der Waals surface area contributed by atoms with Gasteiger partial charge in [-0.25, -0.2) is 4.79 Å². The van der Waals surface area contributed by atoms with Crippen LogP contribution < -0.4 is 16.1 Å². The van der Waals surface area contributed by atoms with Crippen LogP contribution in [0.4, 0.5) is 5.95 Å². The van der Waals surface area contributed by atoms with Gasteiger partial charge in [0, 0.05) is 27.2 Å². The Kier molecular flexibility index (Phi) is 5.78. The molecule has 0 radical (unpaired) electrons. The smallest absolute Gasteiger partial charge is 0.329 e. The minimum atomic E-state index is -0.444. The molecule has 0 aliphatic carbocycles. The second-order valence-electron chi connectivity index (χ2n) is 6.96. The molecule has 3 rings (SSSR count). The van der Waals surface area contributed by atoms with E-state index in [1.807, 2.05) is 34.7 Å². The Morgan fingerprint density at radius 3 is 2.56 bits per heavy atom. The second kappa shape index (κ2) is 8.24. The van der Waals surface area contributed by atoms with Crippen molar-refractivity contribution in [1.82, 2.24) is 19.1 Å². The highest BCUT2D eigenvalue weighted by molar-refractivity contribution is 5.74. The molecule has 7 heteroatoms. The average molecular weight is 369 g/mol. The molecule has 3 aromatic rings. The first kappa shape index (κ1) is 18.9. The van der Waals surface area contributed by atoms with Crippen LogP contribution >= 0.6 is 0 Å². The molecule has 27 heavy (non-hydrogen) atoms. The summed E-state index contributed by atoms with van der Waals surface area (Å²) in [5.74, 6) is 0.706. The fraction of sp³-hybridized carbons (Fsp3) is 0.450. The molecular weight excluding hydrogens is 342 g/mol. The van der Waals surface area contributed by atoms with Crippen molar-refractivity contribution >= 4 is 17.1 Å². The summed E-state index contributed by atoms with van der Waals surface area (Å²) in [6.07, 6.45) is 4.38. The van der Waals surface area contributed by atoms with Crippen LogP contribution in [-0.2, 0) is 20.1 Å². The van der Waals surface area contributed by atoms with E-state index in [4.69, 9.17) is 0 Å². The first-order valence-electron chi connectivity index (χ1n) is 9.47. The van der Waals surface area contributed by atoms with Gasteiger partial charge in [0.15, 0.2) is 11.2 Å². The van der Waals surface area contributed by atoms with Gasteiger partial charge in [-0.3, -0.25) is 14.3 Å². The van der Waals surface area contributed by atoms with E-state index in [0.29, 0.717) is 30.2 Å². The molecule has 0 spiro atoms. The van der Waals surface area contributed by atoms with Crippen molar-refractivity contribution < 1.29 is 0 Å². The molecule has 0 bridgehead atoms. The van der Waals surface area contributed by atoms with Crippen LogP contribution in [0.25, 0.3) is 11.2 Å². The molecule has 2 heterocycles. The van der Waals surface area contributed by atoms with Crippen LogP contribution in [0.3, 0.4) is 0 Å². The third kappa shape index (κ3) is 3.97. The molecule has 0 saturated carbocycles. The molecule has 1 N–H and O–H groups in total. The highest BCUT2D eigenvalue weighted by Gasteiger charge is 2.19. The third-order valence-corrected chi connectivity index (χ3v) is 4.83. The molecule has 2 aromatic heterocycles. The fourth-order valence-electron chi connectivity index (χ4n) is 3.35. The van der Waals surface area contributed by atoms with Gasteiger partial charge in [-0.2, -0.15) is 4.98 Å². The Morgan fingerprint density at radius 1 is 1.11 bits per heavy atom. The lowest BCUT2D eigenvalue weighted by atomic mass is 10.2. The molecule has 0 fully saturated rings. The van der Waals surface area contributed by atoms with Gasteiger partial charge in [-0.15, -0.1) is 0 Å². The summed E-state index contributed by atoms with van der Waals surface area (Å²) < 4.78 is 3.35. The van der Waals surface area contributed by atoms with Crippen molar-refractivity contribution in [2.24, 2.45) is 7.05 Å². The van der Waals surface area contributed by atoms with Crippen LogP contribution in [-0.4, -0.2) is 26.1 Å². The maximum atomic E-state index is 12.5. The van der Waals surface area contributed by atoms with Gasteiger partial charge in [-0.1, -0.05) is 56.5 Å². The van der Waals surface area contributed by atoms with E-state index in [1.165, 1.54) is 4.57 Å². The Hall–Kier alpha value is -2.83. The van der Waals surface area contributed by atoms with Gasteiger partial charge in [0.2, 0.25) is 5.95 Å². The highest BCUT2D eigenvalue weighted by Crippen LogP contribution is 2.21. The van der Waals surface area contributed by atoms with Crippen molar-refractivity contribution in [2.75, 3.05) is 11.9 Å². The third-order valence-electron chi connectivity index (χ3n) is 4.83. The topological polar surface area (TPSA) is 75.9 Å². The lowest BCUT2D eigenvalue weighted by molar-refractivity contribution is 0.586. The maximum Gasteiger partial charge on any atom is 0.329 e. The number of benzene rings is 1. The van der Waals surface area contributed by atoms with Crippen molar-refractivity contribution in [3.63, 3.8) is 0 Å². The Labute approximate surface area is 158 Å². The largest absolute Gasteiger partial charge is 0.341 e. The van der Waals surface area contributed by atoms with E-state index < -0.39 is 5.69 Å². The predicted molar refractivity (Wildman–Crippen MR) is 108 cm³/mol. The number of rotatable bonds is 8. The minimum absolute atomic E-state index is 0.379. The summed E-state index contributed by atoms with van der Waals surface area (Å²) in [6.45, 7) is 3.55. The number of hydrogen-bond donors (Lipinski definition) is 1. The Morgan fingerprint density at radius 2 is 1.85 bits per heavy atom. The number of nitrogens with zero attached hydrogens (tertiary/aromatic N) is 4. The van der Waals surface area contributed by atoms with E-state index in [1.54, 1.807) is 7.05 Å².